The minimum atomic E-state index is 0.138. The van der Waals surface area contributed by atoms with Crippen molar-refractivity contribution in [2.45, 2.75) is 38.5 Å². The van der Waals surface area contributed by atoms with Crippen LogP contribution in [0.1, 0.15) is 37.9 Å². The van der Waals surface area contributed by atoms with Crippen molar-refractivity contribution >= 4 is 10.9 Å². The zero-order valence-corrected chi connectivity index (χ0v) is 12.3. The fourth-order valence-electron chi connectivity index (χ4n) is 3.27. The third kappa shape index (κ3) is 1.94. The summed E-state index contributed by atoms with van der Waals surface area (Å²) in [5.41, 5.74) is 4.57. The first kappa shape index (κ1) is 12.5. The highest BCUT2D eigenvalue weighted by atomic mass is 15.1. The minimum absolute atomic E-state index is 0.138. The predicted molar refractivity (Wildman–Crippen MR) is 83.1 cm³/mol. The average molecular weight is 278 g/mol. The topological polar surface area (TPSA) is 54.5 Å². The van der Waals surface area contributed by atoms with E-state index in [1.165, 1.54) is 24.1 Å². The molecule has 3 aromatic rings. The highest BCUT2D eigenvalue weighted by Crippen LogP contribution is 2.38. The number of aromatic nitrogens is 4. The Morgan fingerprint density at radius 3 is 2.95 bits per heavy atom. The van der Waals surface area contributed by atoms with Crippen molar-refractivity contribution in [1.82, 2.24) is 20.2 Å². The summed E-state index contributed by atoms with van der Waals surface area (Å²) < 4.78 is 0. The van der Waals surface area contributed by atoms with Crippen LogP contribution in [-0.4, -0.2) is 20.2 Å². The quantitative estimate of drug-likeness (QED) is 0.739. The van der Waals surface area contributed by atoms with Gasteiger partial charge in [0.15, 0.2) is 5.82 Å². The first-order valence-electron chi connectivity index (χ1n) is 7.45. The molecule has 2 heterocycles. The van der Waals surface area contributed by atoms with E-state index in [-0.39, 0.29) is 5.41 Å². The molecule has 0 atom stereocenters. The predicted octanol–water partition coefficient (Wildman–Crippen LogP) is 3.63. The molecule has 0 bridgehead atoms. The molecule has 4 heteroatoms. The molecule has 1 N–H and O–H groups in total. The van der Waals surface area contributed by atoms with E-state index < -0.39 is 0 Å². The summed E-state index contributed by atoms with van der Waals surface area (Å²) in [6.45, 7) is 4.52. The van der Waals surface area contributed by atoms with Crippen LogP contribution in [0.4, 0.5) is 0 Å². The van der Waals surface area contributed by atoms with Gasteiger partial charge < -0.3 is 0 Å². The van der Waals surface area contributed by atoms with Crippen molar-refractivity contribution in [3.63, 3.8) is 0 Å². The number of hydrogen-bond donors (Lipinski definition) is 1. The number of benzene rings is 1. The maximum Gasteiger partial charge on any atom is 0.178 e. The van der Waals surface area contributed by atoms with Gasteiger partial charge in [-0.15, -0.1) is 0 Å². The molecule has 2 aromatic heterocycles. The zero-order chi connectivity index (χ0) is 14.4. The van der Waals surface area contributed by atoms with Gasteiger partial charge in [-0.1, -0.05) is 32.0 Å². The molecular formula is C17H18N4. The lowest BCUT2D eigenvalue weighted by molar-refractivity contribution is 0.420. The normalized spacial score (nSPS) is 16.9. The second-order valence-corrected chi connectivity index (χ2v) is 6.42. The maximum atomic E-state index is 4.69. The van der Waals surface area contributed by atoms with Crippen molar-refractivity contribution in [3.8, 4) is 11.5 Å². The summed E-state index contributed by atoms with van der Waals surface area (Å²) in [6, 6.07) is 8.06. The van der Waals surface area contributed by atoms with Crippen LogP contribution in [0.25, 0.3) is 22.4 Å². The molecule has 4 nitrogen and oxygen atoms in total. The molecule has 0 spiro atoms. The second kappa shape index (κ2) is 4.38. The van der Waals surface area contributed by atoms with Crippen molar-refractivity contribution in [3.05, 3.63) is 41.7 Å². The Hall–Kier alpha value is -2.23. The molecule has 106 valence electrons. The van der Waals surface area contributed by atoms with E-state index in [0.29, 0.717) is 0 Å². The van der Waals surface area contributed by atoms with Crippen molar-refractivity contribution in [2.75, 3.05) is 0 Å². The molecule has 0 amide bonds. The van der Waals surface area contributed by atoms with Gasteiger partial charge in [-0.3, -0.25) is 5.10 Å². The molecule has 1 aliphatic carbocycles. The van der Waals surface area contributed by atoms with Crippen LogP contribution >= 0.6 is 0 Å². The number of H-pyrrole nitrogens is 1. The van der Waals surface area contributed by atoms with E-state index in [9.17, 15) is 0 Å². The van der Waals surface area contributed by atoms with Gasteiger partial charge in [-0.25, -0.2) is 9.97 Å². The standard InChI is InChI=1S/C17H18N4/c1-17(2)9-5-7-12-14(20-21-15(12)17)16-18-10-11-6-3-4-8-13(11)19-16/h3-4,6,8,10H,5,7,9H2,1-2H3,(H,20,21). The molecule has 0 unspecified atom stereocenters. The Balaban J connectivity index is 1.88. The molecule has 4 rings (SSSR count). The molecular weight excluding hydrogens is 260 g/mol. The third-order valence-corrected chi connectivity index (χ3v) is 4.45. The van der Waals surface area contributed by atoms with E-state index >= 15 is 0 Å². The number of hydrogen-bond acceptors (Lipinski definition) is 3. The summed E-state index contributed by atoms with van der Waals surface area (Å²) in [5, 5.41) is 8.80. The number of aromatic amines is 1. The smallest absolute Gasteiger partial charge is 0.178 e. The lowest BCUT2D eigenvalue weighted by Gasteiger charge is -2.28. The summed E-state index contributed by atoms with van der Waals surface area (Å²) >= 11 is 0. The number of nitrogens with zero attached hydrogens (tertiary/aromatic N) is 3. The van der Waals surface area contributed by atoms with E-state index in [1.54, 1.807) is 0 Å². The van der Waals surface area contributed by atoms with E-state index in [2.05, 4.69) is 29.0 Å². The highest BCUT2D eigenvalue weighted by Gasteiger charge is 2.32. The summed E-state index contributed by atoms with van der Waals surface area (Å²) in [5.74, 6) is 0.750. The van der Waals surface area contributed by atoms with Gasteiger partial charge in [-0.2, -0.15) is 5.10 Å². The van der Waals surface area contributed by atoms with Gasteiger partial charge in [-0.05, 0) is 25.3 Å². The third-order valence-electron chi connectivity index (χ3n) is 4.45. The van der Waals surface area contributed by atoms with Crippen LogP contribution in [0.2, 0.25) is 0 Å². The molecule has 21 heavy (non-hydrogen) atoms. The average Bonchev–Trinajstić information content (AvgIpc) is 2.92. The van der Waals surface area contributed by atoms with Crippen LogP contribution in [-0.2, 0) is 11.8 Å². The Kier molecular flexibility index (Phi) is 2.61. The molecule has 0 saturated heterocycles. The summed E-state index contributed by atoms with van der Waals surface area (Å²) in [4.78, 5) is 9.21. The number of para-hydroxylation sites is 1. The monoisotopic (exact) mass is 278 g/mol. The second-order valence-electron chi connectivity index (χ2n) is 6.42. The fraction of sp³-hybridized carbons (Fsp3) is 0.353. The van der Waals surface area contributed by atoms with Gasteiger partial charge in [0.1, 0.15) is 5.69 Å². The van der Waals surface area contributed by atoms with Gasteiger partial charge in [0.25, 0.3) is 0 Å². The first-order valence-corrected chi connectivity index (χ1v) is 7.45. The van der Waals surface area contributed by atoms with E-state index in [4.69, 9.17) is 4.98 Å². The lowest BCUT2D eigenvalue weighted by Crippen LogP contribution is -2.23. The number of nitrogens with one attached hydrogen (secondary N) is 1. The summed E-state index contributed by atoms with van der Waals surface area (Å²) in [7, 11) is 0. The van der Waals surface area contributed by atoms with Gasteiger partial charge in [0, 0.05) is 22.6 Å². The molecule has 0 aliphatic heterocycles. The van der Waals surface area contributed by atoms with Crippen molar-refractivity contribution in [1.29, 1.82) is 0 Å². The Morgan fingerprint density at radius 2 is 2.05 bits per heavy atom. The number of fused-ring (bicyclic) bond motifs is 2. The molecule has 1 aromatic carbocycles. The fourth-order valence-corrected chi connectivity index (χ4v) is 3.27. The Labute approximate surface area is 123 Å². The van der Waals surface area contributed by atoms with Crippen molar-refractivity contribution in [2.24, 2.45) is 0 Å². The first-order chi connectivity index (χ1) is 10.1. The maximum absolute atomic E-state index is 4.69. The zero-order valence-electron chi connectivity index (χ0n) is 12.3. The van der Waals surface area contributed by atoms with Gasteiger partial charge in [0.2, 0.25) is 0 Å². The van der Waals surface area contributed by atoms with Crippen LogP contribution in [0.3, 0.4) is 0 Å². The largest absolute Gasteiger partial charge is 0.274 e. The molecule has 0 radical (unpaired) electrons. The van der Waals surface area contributed by atoms with Crippen LogP contribution < -0.4 is 0 Å². The van der Waals surface area contributed by atoms with Crippen LogP contribution in [0.15, 0.2) is 30.5 Å². The highest BCUT2D eigenvalue weighted by molar-refractivity contribution is 5.79. The minimum Gasteiger partial charge on any atom is -0.274 e. The molecule has 1 aliphatic rings. The molecule has 0 fully saturated rings. The summed E-state index contributed by atoms with van der Waals surface area (Å²) in [6.07, 6.45) is 5.32. The number of rotatable bonds is 1. The Bertz CT molecular complexity index is 817. The van der Waals surface area contributed by atoms with Crippen LogP contribution in [0, 0.1) is 0 Å². The lowest BCUT2D eigenvalue weighted by atomic mass is 9.76. The SMILES string of the molecule is CC1(C)CCCc2c1n[nH]c2-c1ncc2ccccc2n1. The van der Waals surface area contributed by atoms with E-state index in [0.717, 1.165) is 28.8 Å². The Morgan fingerprint density at radius 1 is 1.19 bits per heavy atom. The van der Waals surface area contributed by atoms with Gasteiger partial charge >= 0.3 is 0 Å². The van der Waals surface area contributed by atoms with Crippen LogP contribution in [0.5, 0.6) is 0 Å². The van der Waals surface area contributed by atoms with Crippen molar-refractivity contribution < 1.29 is 0 Å². The molecule has 0 saturated carbocycles. The van der Waals surface area contributed by atoms with E-state index in [1.807, 2.05) is 30.5 Å². The van der Waals surface area contributed by atoms with Gasteiger partial charge in [0.05, 0.1) is 11.2 Å².